The van der Waals surface area contributed by atoms with Gasteiger partial charge in [0.1, 0.15) is 11.5 Å². The van der Waals surface area contributed by atoms with E-state index in [2.05, 4.69) is 17.3 Å². The van der Waals surface area contributed by atoms with E-state index in [0.29, 0.717) is 23.4 Å². The van der Waals surface area contributed by atoms with E-state index in [-0.39, 0.29) is 41.0 Å². The van der Waals surface area contributed by atoms with Crippen molar-refractivity contribution in [3.63, 3.8) is 0 Å². The maximum absolute atomic E-state index is 12.9. The highest BCUT2D eigenvalue weighted by atomic mass is 16.4. The van der Waals surface area contributed by atoms with Crippen LogP contribution in [0.1, 0.15) is 22.5 Å². The van der Waals surface area contributed by atoms with Crippen molar-refractivity contribution in [1.29, 1.82) is 0 Å². The number of carboxylic acid groups (broad SMARTS) is 1. The first-order valence-electron chi connectivity index (χ1n) is 10.1. The Balaban J connectivity index is 1.22. The van der Waals surface area contributed by atoms with Gasteiger partial charge in [-0.05, 0) is 54.4 Å². The van der Waals surface area contributed by atoms with Gasteiger partial charge in [-0.2, -0.15) is 10.1 Å². The minimum Gasteiger partial charge on any atom is -0.478 e. The van der Waals surface area contributed by atoms with Crippen molar-refractivity contribution in [2.24, 2.45) is 40.6 Å². The fraction of sp³-hybridized carbons (Fsp3) is 0.304. The van der Waals surface area contributed by atoms with E-state index in [1.807, 2.05) is 0 Å². The van der Waals surface area contributed by atoms with Crippen LogP contribution in [0.15, 0.2) is 58.1 Å². The number of allylic oxidation sites excluding steroid dienone is 2. The highest BCUT2D eigenvalue weighted by Crippen LogP contribution is 2.65. The number of carboxylic acids is 1. The number of hydrazone groups is 1. The standard InChI is InChI=1S/C23H18N2O5/c26-21-19-14-6-7-15(17-9-16(14)17)20(19)22(27)25(21)24-10-13-5-8-18(30-13)11-1-3-12(4-2-11)23(28)29/h1-8,10,14-17,19-20H,9H2,(H,28,29)/t14-,15-,16-,17+,19-,20+/m0/s1. The molecule has 5 aliphatic rings. The molecule has 0 radical (unpaired) electrons. The smallest absolute Gasteiger partial charge is 0.335 e. The molecule has 3 fully saturated rings. The summed E-state index contributed by atoms with van der Waals surface area (Å²) >= 11 is 0. The molecule has 30 heavy (non-hydrogen) atoms. The number of carbonyl (C=O) groups is 3. The topological polar surface area (TPSA) is 100 Å². The molecule has 2 aromatic rings. The van der Waals surface area contributed by atoms with E-state index >= 15 is 0 Å². The van der Waals surface area contributed by atoms with Gasteiger partial charge in [0.25, 0.3) is 11.8 Å². The van der Waals surface area contributed by atoms with Crippen LogP contribution in [0.2, 0.25) is 0 Å². The van der Waals surface area contributed by atoms with Gasteiger partial charge in [-0.3, -0.25) is 9.59 Å². The Hall–Kier alpha value is -3.48. The van der Waals surface area contributed by atoms with Crippen molar-refractivity contribution < 1.29 is 23.9 Å². The molecule has 2 bridgehead atoms. The Morgan fingerprint density at radius 2 is 1.63 bits per heavy atom. The third-order valence-corrected chi connectivity index (χ3v) is 6.98. The number of furan rings is 1. The Labute approximate surface area is 171 Å². The zero-order valence-electron chi connectivity index (χ0n) is 15.8. The van der Waals surface area contributed by atoms with Gasteiger partial charge < -0.3 is 9.52 Å². The molecule has 1 N–H and O–H groups in total. The third kappa shape index (κ3) is 2.38. The van der Waals surface area contributed by atoms with E-state index in [0.717, 1.165) is 17.0 Å². The monoisotopic (exact) mass is 402 g/mol. The SMILES string of the molecule is O=C(O)c1ccc(-c2ccc(C=NN3C(=O)[C@@H]4[C@H]5C=C[C@@H]([C@@H]6C[C@H]56)[C@@H]4C3=O)o2)cc1. The van der Waals surface area contributed by atoms with E-state index < -0.39 is 5.97 Å². The van der Waals surface area contributed by atoms with Crippen LogP contribution in [0.4, 0.5) is 0 Å². The van der Waals surface area contributed by atoms with Gasteiger partial charge in [0, 0.05) is 5.56 Å². The van der Waals surface area contributed by atoms with Gasteiger partial charge in [0.05, 0.1) is 23.6 Å². The lowest BCUT2D eigenvalue weighted by atomic mass is 9.63. The molecular weight excluding hydrogens is 384 g/mol. The second kappa shape index (κ2) is 6.01. The second-order valence-corrected chi connectivity index (χ2v) is 8.47. The van der Waals surface area contributed by atoms with Crippen LogP contribution in [-0.4, -0.2) is 34.1 Å². The van der Waals surface area contributed by atoms with Crippen LogP contribution in [0, 0.1) is 35.5 Å². The van der Waals surface area contributed by atoms with Crippen LogP contribution >= 0.6 is 0 Å². The summed E-state index contributed by atoms with van der Waals surface area (Å²) in [6.07, 6.45) is 6.78. The summed E-state index contributed by atoms with van der Waals surface area (Å²) < 4.78 is 5.74. The lowest BCUT2D eigenvalue weighted by molar-refractivity contribution is -0.140. The summed E-state index contributed by atoms with van der Waals surface area (Å²) in [5, 5.41) is 14.2. The van der Waals surface area contributed by atoms with Crippen molar-refractivity contribution in [3.8, 4) is 11.3 Å². The first-order valence-corrected chi connectivity index (χ1v) is 10.1. The number of imide groups is 1. The maximum atomic E-state index is 12.9. The average molecular weight is 402 g/mol. The first-order chi connectivity index (χ1) is 14.5. The number of benzene rings is 1. The number of rotatable bonds is 4. The number of carbonyl (C=O) groups excluding carboxylic acids is 2. The lowest BCUT2D eigenvalue weighted by Crippen LogP contribution is -2.40. The largest absolute Gasteiger partial charge is 0.478 e. The summed E-state index contributed by atoms with van der Waals surface area (Å²) in [7, 11) is 0. The fourth-order valence-electron chi connectivity index (χ4n) is 5.52. The molecule has 2 amide bonds. The van der Waals surface area contributed by atoms with Crippen LogP contribution < -0.4 is 0 Å². The predicted molar refractivity (Wildman–Crippen MR) is 105 cm³/mol. The zero-order valence-corrected chi connectivity index (χ0v) is 15.8. The van der Waals surface area contributed by atoms with Crippen molar-refractivity contribution in [3.05, 3.63) is 59.9 Å². The molecule has 0 unspecified atom stereocenters. The van der Waals surface area contributed by atoms with Crippen molar-refractivity contribution in [1.82, 2.24) is 5.01 Å². The van der Waals surface area contributed by atoms with Crippen LogP contribution in [-0.2, 0) is 9.59 Å². The second-order valence-electron chi connectivity index (χ2n) is 8.47. The molecule has 150 valence electrons. The Morgan fingerprint density at radius 1 is 1.00 bits per heavy atom. The molecule has 1 saturated heterocycles. The number of amides is 2. The summed E-state index contributed by atoms with van der Waals surface area (Å²) in [5.41, 5.74) is 0.918. The van der Waals surface area contributed by atoms with E-state index in [1.54, 1.807) is 24.3 Å². The normalized spacial score (nSPS) is 33.3. The predicted octanol–water partition coefficient (Wildman–Crippen LogP) is 3.03. The average Bonchev–Trinajstić information content (AvgIpc) is 3.39. The lowest BCUT2D eigenvalue weighted by Gasteiger charge is -2.37. The maximum Gasteiger partial charge on any atom is 0.335 e. The summed E-state index contributed by atoms with van der Waals surface area (Å²) in [5.74, 6) is 0.469. The van der Waals surface area contributed by atoms with Gasteiger partial charge in [0.15, 0.2) is 0 Å². The zero-order chi connectivity index (χ0) is 20.6. The van der Waals surface area contributed by atoms with Gasteiger partial charge in [-0.25, -0.2) is 4.79 Å². The van der Waals surface area contributed by atoms with E-state index in [4.69, 9.17) is 9.52 Å². The molecule has 7 rings (SSSR count). The summed E-state index contributed by atoms with van der Waals surface area (Å²) in [6.45, 7) is 0. The van der Waals surface area contributed by atoms with Crippen LogP contribution in [0.5, 0.6) is 0 Å². The summed E-state index contributed by atoms with van der Waals surface area (Å²) in [4.78, 5) is 36.8. The molecule has 2 saturated carbocycles. The number of hydrogen-bond acceptors (Lipinski definition) is 5. The number of aromatic carboxylic acids is 1. The van der Waals surface area contributed by atoms with Crippen LogP contribution in [0.3, 0.4) is 0 Å². The molecule has 2 heterocycles. The van der Waals surface area contributed by atoms with Gasteiger partial charge >= 0.3 is 5.97 Å². The molecule has 7 nitrogen and oxygen atoms in total. The number of hydrogen-bond donors (Lipinski definition) is 1. The molecule has 0 spiro atoms. The summed E-state index contributed by atoms with van der Waals surface area (Å²) in [6, 6.07) is 9.77. The minimum absolute atomic E-state index is 0.172. The van der Waals surface area contributed by atoms with Crippen molar-refractivity contribution in [2.45, 2.75) is 6.42 Å². The molecular formula is C23H18N2O5. The highest BCUT2D eigenvalue weighted by Gasteiger charge is 2.67. The van der Waals surface area contributed by atoms with Crippen LogP contribution in [0.25, 0.3) is 11.3 Å². The van der Waals surface area contributed by atoms with E-state index in [1.165, 1.54) is 18.3 Å². The molecule has 6 atom stereocenters. The third-order valence-electron chi connectivity index (χ3n) is 6.98. The Bertz CT molecular complexity index is 1110. The van der Waals surface area contributed by atoms with E-state index in [9.17, 15) is 14.4 Å². The quantitative estimate of drug-likeness (QED) is 0.481. The Morgan fingerprint density at radius 3 is 2.23 bits per heavy atom. The Kier molecular flexibility index (Phi) is 3.48. The molecule has 1 aromatic carbocycles. The molecule has 7 heteroatoms. The molecule has 4 aliphatic carbocycles. The number of nitrogens with zero attached hydrogens (tertiary/aromatic N) is 2. The van der Waals surface area contributed by atoms with Gasteiger partial charge in [-0.1, -0.05) is 24.3 Å². The molecule has 1 aromatic heterocycles. The van der Waals surface area contributed by atoms with Crippen molar-refractivity contribution in [2.75, 3.05) is 0 Å². The first kappa shape index (κ1) is 17.4. The fourth-order valence-corrected chi connectivity index (χ4v) is 5.52. The minimum atomic E-state index is -0.990. The van der Waals surface area contributed by atoms with Gasteiger partial charge in [0.2, 0.25) is 0 Å². The van der Waals surface area contributed by atoms with Gasteiger partial charge in [-0.15, -0.1) is 0 Å². The molecule has 1 aliphatic heterocycles. The van der Waals surface area contributed by atoms with Crippen molar-refractivity contribution >= 4 is 24.0 Å². The highest BCUT2D eigenvalue weighted by molar-refractivity contribution is 6.06.